The van der Waals surface area contributed by atoms with Gasteiger partial charge in [-0.1, -0.05) is 29.8 Å². The van der Waals surface area contributed by atoms with Crippen molar-refractivity contribution in [2.24, 2.45) is 28.9 Å². The molecule has 2 amide bonds. The molecule has 1 saturated heterocycles. The Balaban J connectivity index is 1.26. The first-order valence-corrected chi connectivity index (χ1v) is 12.0. The third-order valence-corrected chi connectivity index (χ3v) is 9.07. The summed E-state index contributed by atoms with van der Waals surface area (Å²) in [4.78, 5) is 27.7. The lowest BCUT2D eigenvalue weighted by Crippen LogP contribution is -2.63. The molecule has 3 N–H and O–H groups in total. The van der Waals surface area contributed by atoms with Crippen LogP contribution < -0.4 is 11.1 Å². The molecule has 4 aliphatic carbocycles. The zero-order chi connectivity index (χ0) is 20.2. The van der Waals surface area contributed by atoms with E-state index < -0.39 is 0 Å². The minimum absolute atomic E-state index is 0.112. The van der Waals surface area contributed by atoms with Crippen LogP contribution in [-0.2, 0) is 16.1 Å². The lowest BCUT2D eigenvalue weighted by atomic mass is 9.47. The number of rotatable bonds is 5. The van der Waals surface area contributed by atoms with Crippen molar-refractivity contribution in [2.45, 2.75) is 57.0 Å². The number of hydrogen-bond acceptors (Lipinski definition) is 4. The van der Waals surface area contributed by atoms with Gasteiger partial charge in [0, 0.05) is 30.3 Å². The first kappa shape index (κ1) is 19.4. The maximum Gasteiger partial charge on any atom is 0.247 e. The summed E-state index contributed by atoms with van der Waals surface area (Å²) in [7, 11) is 0. The summed E-state index contributed by atoms with van der Waals surface area (Å²) in [6.45, 7) is 3.86. The maximum atomic E-state index is 13.2. The number of carbonyl (C=O) groups excluding carboxylic acids is 2. The zero-order valence-electron chi connectivity index (χ0n) is 17.1. The Kier molecular flexibility index (Phi) is 4.90. The van der Waals surface area contributed by atoms with Crippen LogP contribution in [0.25, 0.3) is 0 Å². The maximum absolute atomic E-state index is 13.2. The van der Waals surface area contributed by atoms with Gasteiger partial charge in [-0.25, -0.2) is 0 Å². The summed E-state index contributed by atoms with van der Waals surface area (Å²) in [6.07, 6.45) is 4.98. The second kappa shape index (κ2) is 7.31. The van der Waals surface area contributed by atoms with E-state index in [1.165, 1.54) is 11.1 Å². The van der Waals surface area contributed by atoms with Crippen molar-refractivity contribution in [1.29, 1.82) is 0 Å². The molecule has 5 fully saturated rings. The van der Waals surface area contributed by atoms with Crippen molar-refractivity contribution in [1.82, 2.24) is 10.2 Å². The normalized spacial score (nSPS) is 38.3. The fraction of sp³-hybridized carbons (Fsp3) is 0.652. The Labute approximate surface area is 177 Å². The van der Waals surface area contributed by atoms with Crippen LogP contribution in [0.4, 0.5) is 0 Å². The molecule has 5 aliphatic rings. The van der Waals surface area contributed by atoms with Crippen molar-refractivity contribution >= 4 is 23.6 Å². The van der Waals surface area contributed by atoms with Crippen LogP contribution in [-0.4, -0.2) is 40.4 Å². The average molecular weight is 414 g/mol. The minimum Gasteiger partial charge on any atom is -0.369 e. The molecule has 0 radical (unpaired) electrons. The zero-order valence-corrected chi connectivity index (χ0v) is 17.9. The van der Waals surface area contributed by atoms with E-state index in [0.717, 1.165) is 50.9 Å². The summed E-state index contributed by atoms with van der Waals surface area (Å²) < 4.78 is 0. The smallest absolute Gasteiger partial charge is 0.247 e. The monoisotopic (exact) mass is 413 g/mol. The van der Waals surface area contributed by atoms with Crippen molar-refractivity contribution in [2.75, 3.05) is 12.3 Å². The van der Waals surface area contributed by atoms with Gasteiger partial charge in [-0.2, -0.15) is 0 Å². The summed E-state index contributed by atoms with van der Waals surface area (Å²) in [5.74, 6) is 2.48. The van der Waals surface area contributed by atoms with E-state index in [2.05, 4.69) is 41.4 Å². The van der Waals surface area contributed by atoms with E-state index in [9.17, 15) is 9.59 Å². The molecule has 1 aromatic rings. The fourth-order valence-corrected chi connectivity index (χ4v) is 7.81. The van der Waals surface area contributed by atoms with Gasteiger partial charge < -0.3 is 11.1 Å². The van der Waals surface area contributed by atoms with Gasteiger partial charge in [-0.3, -0.25) is 14.5 Å². The van der Waals surface area contributed by atoms with Crippen LogP contribution in [0.15, 0.2) is 24.3 Å². The van der Waals surface area contributed by atoms with Gasteiger partial charge in [0.05, 0.1) is 0 Å². The predicted octanol–water partition coefficient (Wildman–Crippen LogP) is 2.67. The summed E-state index contributed by atoms with van der Waals surface area (Å²) in [6, 6.07) is 8.81. The van der Waals surface area contributed by atoms with Crippen molar-refractivity contribution in [3.05, 3.63) is 35.4 Å². The highest BCUT2D eigenvalue weighted by atomic mass is 32.2. The Morgan fingerprint density at radius 2 is 1.86 bits per heavy atom. The quantitative estimate of drug-likeness (QED) is 0.778. The molecule has 4 saturated carbocycles. The highest BCUT2D eigenvalue weighted by Gasteiger charge is 2.58. The van der Waals surface area contributed by atoms with E-state index in [1.54, 1.807) is 11.8 Å². The molecule has 6 rings (SSSR count). The molecule has 4 bridgehead atoms. The number of nitrogens with one attached hydrogen (secondary N) is 1. The number of nitrogens with two attached hydrogens (primary N) is 1. The van der Waals surface area contributed by atoms with E-state index in [1.807, 2.05) is 0 Å². The molecule has 0 spiro atoms. The number of primary amides is 1. The number of amides is 2. The molecular weight excluding hydrogens is 382 g/mol. The van der Waals surface area contributed by atoms with E-state index >= 15 is 0 Å². The van der Waals surface area contributed by atoms with E-state index in [4.69, 9.17) is 5.73 Å². The van der Waals surface area contributed by atoms with Crippen LogP contribution in [0, 0.1) is 30.1 Å². The highest BCUT2D eigenvalue weighted by molar-refractivity contribution is 8.00. The van der Waals surface area contributed by atoms with Gasteiger partial charge in [0.25, 0.3) is 0 Å². The molecule has 1 aliphatic heterocycles. The second-order valence-electron chi connectivity index (χ2n) is 9.83. The standard InChI is InChI=1S/C23H31N3O2S/c1-14-2-4-15(5-3-14)13-26-6-7-29-21(26)20(27)25-19-17-8-16-9-18(19)12-23(10-16,11-17)22(24)28/h2-5,16-19,21H,6-13H2,1H3,(H2,24,28)(H,25,27). The number of nitrogens with zero attached hydrogens (tertiary/aromatic N) is 1. The fourth-order valence-electron chi connectivity index (χ4n) is 6.63. The Morgan fingerprint density at radius 3 is 2.52 bits per heavy atom. The van der Waals surface area contributed by atoms with E-state index in [-0.39, 0.29) is 28.6 Å². The molecule has 1 heterocycles. The van der Waals surface area contributed by atoms with Crippen molar-refractivity contribution in [3.63, 3.8) is 0 Å². The van der Waals surface area contributed by atoms with Gasteiger partial charge in [-0.05, 0) is 62.3 Å². The molecule has 29 heavy (non-hydrogen) atoms. The van der Waals surface area contributed by atoms with Crippen LogP contribution in [0.3, 0.4) is 0 Å². The lowest BCUT2D eigenvalue weighted by molar-refractivity contribution is -0.147. The molecule has 1 aromatic carbocycles. The van der Waals surface area contributed by atoms with Crippen LogP contribution in [0.5, 0.6) is 0 Å². The molecule has 5 nitrogen and oxygen atoms in total. The summed E-state index contributed by atoms with van der Waals surface area (Å²) in [5, 5.41) is 3.32. The van der Waals surface area contributed by atoms with Crippen molar-refractivity contribution < 1.29 is 9.59 Å². The number of benzene rings is 1. The Morgan fingerprint density at radius 1 is 1.17 bits per heavy atom. The molecule has 6 heteroatoms. The molecule has 3 unspecified atom stereocenters. The van der Waals surface area contributed by atoms with Gasteiger partial charge in [0.15, 0.2) is 0 Å². The van der Waals surface area contributed by atoms with Crippen LogP contribution in [0.2, 0.25) is 0 Å². The van der Waals surface area contributed by atoms with Gasteiger partial charge >= 0.3 is 0 Å². The van der Waals surface area contributed by atoms with Crippen LogP contribution >= 0.6 is 11.8 Å². The lowest BCUT2D eigenvalue weighted by Gasteiger charge is -2.58. The summed E-state index contributed by atoms with van der Waals surface area (Å²) in [5.41, 5.74) is 8.03. The number of carbonyl (C=O) groups is 2. The summed E-state index contributed by atoms with van der Waals surface area (Å²) >= 11 is 1.75. The van der Waals surface area contributed by atoms with Crippen molar-refractivity contribution in [3.8, 4) is 0 Å². The van der Waals surface area contributed by atoms with E-state index in [0.29, 0.717) is 17.8 Å². The third-order valence-electron chi connectivity index (χ3n) is 7.82. The molecule has 3 atom stereocenters. The Hall–Kier alpha value is -1.53. The van der Waals surface area contributed by atoms with Gasteiger partial charge in [-0.15, -0.1) is 11.8 Å². The topological polar surface area (TPSA) is 75.4 Å². The van der Waals surface area contributed by atoms with Crippen LogP contribution in [0.1, 0.15) is 43.2 Å². The largest absolute Gasteiger partial charge is 0.369 e. The molecule has 156 valence electrons. The second-order valence-corrected chi connectivity index (χ2v) is 11.0. The van der Waals surface area contributed by atoms with Gasteiger partial charge in [0.2, 0.25) is 11.8 Å². The molecule has 0 aromatic heterocycles. The van der Waals surface area contributed by atoms with Gasteiger partial charge in [0.1, 0.15) is 5.37 Å². The number of aryl methyl sites for hydroxylation is 1. The first-order valence-electron chi connectivity index (χ1n) is 10.9. The molecular formula is C23H31N3O2S. The minimum atomic E-state index is -0.294. The highest BCUT2D eigenvalue weighted by Crippen LogP contribution is 2.59. The Bertz CT molecular complexity index is 795. The predicted molar refractivity (Wildman–Crippen MR) is 115 cm³/mol. The SMILES string of the molecule is Cc1ccc(CN2CCSC2C(=O)NC2C3CC4CC2CC(C(N)=O)(C4)C3)cc1. The first-order chi connectivity index (χ1) is 13.9. The number of thioether (sulfide) groups is 1. The average Bonchev–Trinajstić information content (AvgIpc) is 3.14. The third kappa shape index (κ3) is 3.48. The number of hydrogen-bond donors (Lipinski definition) is 2.